The first-order valence-electron chi connectivity index (χ1n) is 8.52. The first kappa shape index (κ1) is 20.9. The normalized spacial score (nSPS) is 10.8. The second kappa shape index (κ2) is 9.97. The van der Waals surface area contributed by atoms with Gasteiger partial charge in [0.05, 0.1) is 5.56 Å². The Hall–Kier alpha value is -2.17. The fourth-order valence-corrected chi connectivity index (χ4v) is 2.42. The van der Waals surface area contributed by atoms with Gasteiger partial charge in [-0.3, -0.25) is 0 Å². The van der Waals surface area contributed by atoms with Crippen LogP contribution >= 0.6 is 0 Å². The number of para-hydroxylation sites is 1. The minimum atomic E-state index is -4.34. The number of rotatable bonds is 5. The summed E-state index contributed by atoms with van der Waals surface area (Å²) in [6, 6.07) is 13.8. The van der Waals surface area contributed by atoms with E-state index in [1.54, 1.807) is 0 Å². The molecule has 2 rings (SSSR count). The Bertz CT molecular complexity index is 616. The number of hydrogen-bond donors (Lipinski definition) is 1. The molecule has 0 bridgehead atoms. The van der Waals surface area contributed by atoms with Crippen LogP contribution in [0.1, 0.15) is 37.8 Å². The van der Waals surface area contributed by atoms with Crippen LogP contribution in [0.4, 0.5) is 24.5 Å². The molecule has 2 aromatic rings. The fraction of sp³-hybridized carbons (Fsp3) is 0.400. The Kier molecular flexibility index (Phi) is 8.32. The van der Waals surface area contributed by atoms with Crippen molar-refractivity contribution in [2.24, 2.45) is 0 Å². The van der Waals surface area contributed by atoms with Gasteiger partial charge in [0.1, 0.15) is 0 Å². The van der Waals surface area contributed by atoms with Crippen LogP contribution in [0.25, 0.3) is 0 Å². The van der Waals surface area contributed by atoms with Gasteiger partial charge in [-0.2, -0.15) is 13.2 Å². The highest BCUT2D eigenvalue weighted by molar-refractivity contribution is 5.48. The molecule has 0 unspecified atom stereocenters. The Balaban J connectivity index is 0.000000257. The number of aryl methyl sites for hydroxylation is 1. The summed E-state index contributed by atoms with van der Waals surface area (Å²) in [5, 5.41) is 0. The van der Waals surface area contributed by atoms with Gasteiger partial charge < -0.3 is 10.6 Å². The lowest BCUT2D eigenvalue weighted by molar-refractivity contribution is -0.136. The molecule has 2 nitrogen and oxygen atoms in total. The van der Waals surface area contributed by atoms with E-state index >= 15 is 0 Å². The van der Waals surface area contributed by atoms with Crippen LogP contribution in [0.2, 0.25) is 0 Å². The average Bonchev–Trinajstić information content (AvgIpc) is 2.55. The Morgan fingerprint density at radius 3 is 1.80 bits per heavy atom. The van der Waals surface area contributed by atoms with Crippen LogP contribution in [-0.2, 0) is 6.18 Å². The van der Waals surface area contributed by atoms with Gasteiger partial charge in [0, 0.05) is 24.5 Å². The third-order valence-corrected chi connectivity index (χ3v) is 3.65. The van der Waals surface area contributed by atoms with Gasteiger partial charge in [-0.15, -0.1) is 0 Å². The molecule has 0 amide bonds. The van der Waals surface area contributed by atoms with Gasteiger partial charge in [0.15, 0.2) is 0 Å². The molecule has 0 atom stereocenters. The summed E-state index contributed by atoms with van der Waals surface area (Å²) in [5.74, 6) is 0. The van der Waals surface area contributed by atoms with Crippen molar-refractivity contribution < 1.29 is 13.2 Å². The van der Waals surface area contributed by atoms with E-state index < -0.39 is 11.7 Å². The van der Waals surface area contributed by atoms with Crippen LogP contribution in [0.3, 0.4) is 0 Å². The van der Waals surface area contributed by atoms with Gasteiger partial charge in [-0.25, -0.2) is 0 Å². The van der Waals surface area contributed by atoms with E-state index in [1.165, 1.54) is 42.3 Å². The van der Waals surface area contributed by atoms with Crippen molar-refractivity contribution in [1.82, 2.24) is 0 Å². The van der Waals surface area contributed by atoms with Gasteiger partial charge in [-0.05, 0) is 44.0 Å². The van der Waals surface area contributed by atoms with Crippen LogP contribution in [0, 0.1) is 6.92 Å². The monoisotopic (exact) mass is 352 g/mol. The Labute approximate surface area is 148 Å². The summed E-state index contributed by atoms with van der Waals surface area (Å²) in [4.78, 5) is 2.46. The molecule has 0 spiro atoms. The summed E-state index contributed by atoms with van der Waals surface area (Å²) >= 11 is 0. The lowest BCUT2D eigenvalue weighted by Gasteiger charge is -2.23. The fourth-order valence-electron chi connectivity index (χ4n) is 2.42. The summed E-state index contributed by atoms with van der Waals surface area (Å²) in [5.41, 5.74) is 6.77. The minimum absolute atomic E-state index is 0.236. The van der Waals surface area contributed by atoms with Gasteiger partial charge in [0.2, 0.25) is 0 Å². The predicted octanol–water partition coefficient (Wildman–Crippen LogP) is 5.91. The molecule has 0 aromatic heterocycles. The summed E-state index contributed by atoms with van der Waals surface area (Å²) in [7, 11) is 0. The molecule has 0 aliphatic carbocycles. The third kappa shape index (κ3) is 7.08. The molecule has 0 aliphatic rings. The van der Waals surface area contributed by atoms with Crippen LogP contribution in [0.15, 0.2) is 48.5 Å². The number of halogens is 3. The van der Waals surface area contributed by atoms with Gasteiger partial charge >= 0.3 is 6.18 Å². The van der Waals surface area contributed by atoms with Gasteiger partial charge in [0.25, 0.3) is 0 Å². The van der Waals surface area contributed by atoms with Crippen LogP contribution in [-0.4, -0.2) is 13.1 Å². The number of nitrogens with two attached hydrogens (primary N) is 1. The molecule has 25 heavy (non-hydrogen) atoms. The van der Waals surface area contributed by atoms with E-state index in [9.17, 15) is 13.2 Å². The highest BCUT2D eigenvalue weighted by Crippen LogP contribution is 2.32. The first-order chi connectivity index (χ1) is 11.8. The topological polar surface area (TPSA) is 29.3 Å². The molecule has 0 aliphatic heterocycles. The number of benzene rings is 2. The third-order valence-electron chi connectivity index (χ3n) is 3.65. The zero-order valence-corrected chi connectivity index (χ0v) is 15.1. The van der Waals surface area contributed by atoms with E-state index in [4.69, 9.17) is 5.73 Å². The lowest BCUT2D eigenvalue weighted by Crippen LogP contribution is -2.24. The van der Waals surface area contributed by atoms with Crippen molar-refractivity contribution in [2.45, 2.75) is 39.8 Å². The SMILES string of the molecule is CCCN(CCC)c1ccc(C)cc1.Nc1ccccc1C(F)(F)F. The standard InChI is InChI=1S/C13H21N.C7H6F3N/c1-4-10-14(11-5-2)13-8-6-12(3)7-9-13;8-7(9,10)5-3-1-2-4-6(5)11/h6-9H,4-5,10-11H2,1-3H3;1-4H,11H2. The molecule has 0 fully saturated rings. The van der Waals surface area contributed by atoms with Crippen molar-refractivity contribution in [3.8, 4) is 0 Å². The van der Waals surface area contributed by atoms with E-state index in [0.717, 1.165) is 19.2 Å². The number of anilines is 2. The maximum Gasteiger partial charge on any atom is 0.418 e. The molecule has 2 N–H and O–H groups in total. The summed E-state index contributed by atoms with van der Waals surface area (Å²) < 4.78 is 35.9. The second-order valence-electron chi connectivity index (χ2n) is 5.91. The number of nitrogens with zero attached hydrogens (tertiary/aromatic N) is 1. The van der Waals surface area contributed by atoms with Crippen molar-refractivity contribution in [2.75, 3.05) is 23.7 Å². The molecule has 0 radical (unpaired) electrons. The zero-order chi connectivity index (χ0) is 18.9. The van der Waals surface area contributed by atoms with Crippen LogP contribution in [0.5, 0.6) is 0 Å². The van der Waals surface area contributed by atoms with Crippen LogP contribution < -0.4 is 10.6 Å². The highest BCUT2D eigenvalue weighted by Gasteiger charge is 2.32. The average molecular weight is 352 g/mol. The van der Waals surface area contributed by atoms with Crippen molar-refractivity contribution in [1.29, 1.82) is 0 Å². The van der Waals surface area contributed by atoms with Crippen molar-refractivity contribution >= 4 is 11.4 Å². The van der Waals surface area contributed by atoms with E-state index in [1.807, 2.05) is 0 Å². The number of hydrogen-bond acceptors (Lipinski definition) is 2. The molecule has 0 saturated carbocycles. The largest absolute Gasteiger partial charge is 0.418 e. The van der Waals surface area contributed by atoms with Crippen molar-refractivity contribution in [3.63, 3.8) is 0 Å². The molecule has 5 heteroatoms. The maximum atomic E-state index is 12.0. The Morgan fingerprint density at radius 1 is 0.880 bits per heavy atom. The predicted molar refractivity (Wildman–Crippen MR) is 99.8 cm³/mol. The van der Waals surface area contributed by atoms with E-state index in [0.29, 0.717) is 0 Å². The summed E-state index contributed by atoms with van der Waals surface area (Å²) in [6.07, 6.45) is -1.91. The second-order valence-corrected chi connectivity index (χ2v) is 5.91. The smallest absolute Gasteiger partial charge is 0.398 e. The highest BCUT2D eigenvalue weighted by atomic mass is 19.4. The molecular weight excluding hydrogens is 325 g/mol. The molecule has 0 saturated heterocycles. The Morgan fingerprint density at radius 2 is 1.40 bits per heavy atom. The first-order valence-corrected chi connectivity index (χ1v) is 8.52. The molecular formula is C20H27F3N2. The molecule has 138 valence electrons. The molecule has 2 aromatic carbocycles. The van der Waals surface area contributed by atoms with E-state index in [-0.39, 0.29) is 5.69 Å². The summed E-state index contributed by atoms with van der Waals surface area (Å²) in [6.45, 7) is 8.93. The maximum absolute atomic E-state index is 12.0. The zero-order valence-electron chi connectivity index (χ0n) is 15.1. The number of nitrogen functional groups attached to an aromatic ring is 1. The van der Waals surface area contributed by atoms with E-state index in [2.05, 4.69) is 49.9 Å². The quantitative estimate of drug-likeness (QED) is 0.678. The minimum Gasteiger partial charge on any atom is -0.398 e. The lowest BCUT2D eigenvalue weighted by atomic mass is 10.2. The van der Waals surface area contributed by atoms with Gasteiger partial charge in [-0.1, -0.05) is 43.7 Å². The van der Waals surface area contributed by atoms with Crippen molar-refractivity contribution in [3.05, 3.63) is 59.7 Å². The molecule has 0 heterocycles. The number of alkyl halides is 3.